The molecule has 11 aromatic rings. The third kappa shape index (κ3) is 4.14. The third-order valence-corrected chi connectivity index (χ3v) is 10.1. The fraction of sp³-hybridized carbons (Fsp3) is 0. The number of rotatable bonds is 4. The van der Waals surface area contributed by atoms with Gasteiger partial charge in [0.25, 0.3) is 0 Å². The summed E-state index contributed by atoms with van der Waals surface area (Å²) in [5.41, 5.74) is 12.6. The Hall–Kier alpha value is -7.05. The van der Waals surface area contributed by atoms with Gasteiger partial charge in [-0.15, -0.1) is 0 Å². The van der Waals surface area contributed by atoms with Crippen molar-refractivity contribution in [3.63, 3.8) is 0 Å². The summed E-state index contributed by atoms with van der Waals surface area (Å²) in [6.45, 7) is 0. The van der Waals surface area contributed by atoms with Crippen LogP contribution < -0.4 is 0 Å². The minimum atomic E-state index is 0.638. The number of nitrogens with zero attached hydrogens (tertiary/aromatic N) is 6. The quantitative estimate of drug-likeness (QED) is 0.190. The van der Waals surface area contributed by atoms with E-state index in [-0.39, 0.29) is 0 Å². The van der Waals surface area contributed by atoms with Crippen LogP contribution in [0.4, 0.5) is 0 Å². The van der Waals surface area contributed by atoms with Crippen LogP contribution in [0.15, 0.2) is 170 Å². The maximum Gasteiger partial charge on any atom is 0.235 e. The zero-order valence-corrected chi connectivity index (χ0v) is 27.3. The second-order valence-corrected chi connectivity index (χ2v) is 13.0. The number of para-hydroxylation sites is 5. The van der Waals surface area contributed by atoms with Crippen LogP contribution in [0.1, 0.15) is 0 Å². The SMILES string of the molecule is c1ccc(-c2ccc3c(-c4ccccc4)nc(-n4c5ccccc5c5cc(-n6c7ccccc7n7c8ccccc8nc67)ccc54)nc3c2)cc1. The van der Waals surface area contributed by atoms with Crippen LogP contribution in [0, 0.1) is 0 Å². The van der Waals surface area contributed by atoms with Gasteiger partial charge in [0, 0.05) is 27.4 Å². The topological polar surface area (TPSA) is 52.9 Å². The average molecular weight is 653 g/mol. The molecule has 0 fully saturated rings. The Morgan fingerprint density at radius 2 is 1.02 bits per heavy atom. The summed E-state index contributed by atoms with van der Waals surface area (Å²) in [6.07, 6.45) is 0. The van der Waals surface area contributed by atoms with E-state index in [1.54, 1.807) is 0 Å². The lowest BCUT2D eigenvalue weighted by Gasteiger charge is -2.13. The smallest absolute Gasteiger partial charge is 0.235 e. The zero-order chi connectivity index (χ0) is 33.5. The van der Waals surface area contributed by atoms with Gasteiger partial charge in [-0.25, -0.2) is 15.0 Å². The third-order valence-electron chi connectivity index (χ3n) is 10.1. The molecule has 0 spiro atoms. The van der Waals surface area contributed by atoms with Crippen molar-refractivity contribution in [2.24, 2.45) is 0 Å². The Balaban J connectivity index is 1.18. The number of hydrogen-bond acceptors (Lipinski definition) is 3. The van der Waals surface area contributed by atoms with Crippen molar-refractivity contribution in [1.82, 2.24) is 28.5 Å². The van der Waals surface area contributed by atoms with Gasteiger partial charge in [-0.1, -0.05) is 109 Å². The van der Waals surface area contributed by atoms with Crippen molar-refractivity contribution in [2.75, 3.05) is 0 Å². The molecule has 6 heteroatoms. The lowest BCUT2D eigenvalue weighted by Crippen LogP contribution is -2.03. The molecule has 4 heterocycles. The van der Waals surface area contributed by atoms with Crippen LogP contribution in [0.25, 0.3) is 94.6 Å². The second-order valence-electron chi connectivity index (χ2n) is 13.0. The Morgan fingerprint density at radius 1 is 0.353 bits per heavy atom. The van der Waals surface area contributed by atoms with E-state index >= 15 is 0 Å². The lowest BCUT2D eigenvalue weighted by atomic mass is 10.0. The Labute approximate surface area is 292 Å². The van der Waals surface area contributed by atoms with E-state index in [4.69, 9.17) is 15.0 Å². The highest BCUT2D eigenvalue weighted by Crippen LogP contribution is 2.37. The molecule has 0 atom stereocenters. The molecule has 238 valence electrons. The molecule has 0 bridgehead atoms. The average Bonchev–Trinajstić information content (AvgIpc) is 3.84. The maximum absolute atomic E-state index is 5.33. The molecule has 0 saturated heterocycles. The molecule has 0 aliphatic rings. The summed E-state index contributed by atoms with van der Waals surface area (Å²) >= 11 is 0. The first kappa shape index (κ1) is 27.9. The van der Waals surface area contributed by atoms with Gasteiger partial charge >= 0.3 is 0 Å². The summed E-state index contributed by atoms with van der Waals surface area (Å²) in [6, 6.07) is 59.5. The van der Waals surface area contributed by atoms with Gasteiger partial charge < -0.3 is 0 Å². The van der Waals surface area contributed by atoms with Crippen molar-refractivity contribution in [2.45, 2.75) is 0 Å². The first-order valence-corrected chi connectivity index (χ1v) is 17.1. The Kier molecular flexibility index (Phi) is 5.86. The van der Waals surface area contributed by atoms with Crippen LogP contribution in [-0.4, -0.2) is 28.5 Å². The number of benzene rings is 7. The van der Waals surface area contributed by atoms with Crippen LogP contribution in [-0.2, 0) is 0 Å². The van der Waals surface area contributed by atoms with Gasteiger partial charge in [0.2, 0.25) is 11.7 Å². The van der Waals surface area contributed by atoms with E-state index in [0.717, 1.165) is 88.6 Å². The van der Waals surface area contributed by atoms with Crippen LogP contribution in [0.3, 0.4) is 0 Å². The molecule has 0 radical (unpaired) electrons. The van der Waals surface area contributed by atoms with Crippen molar-refractivity contribution in [1.29, 1.82) is 0 Å². The molecular weight excluding hydrogens is 625 g/mol. The van der Waals surface area contributed by atoms with E-state index < -0.39 is 0 Å². The van der Waals surface area contributed by atoms with Gasteiger partial charge in [-0.2, -0.15) is 0 Å². The van der Waals surface area contributed by atoms with E-state index in [9.17, 15) is 0 Å². The van der Waals surface area contributed by atoms with E-state index in [1.807, 2.05) is 18.2 Å². The molecule has 0 N–H and O–H groups in total. The van der Waals surface area contributed by atoms with Crippen molar-refractivity contribution in [3.05, 3.63) is 170 Å². The van der Waals surface area contributed by atoms with Crippen LogP contribution in [0.2, 0.25) is 0 Å². The summed E-state index contributed by atoms with van der Waals surface area (Å²) in [5.74, 6) is 1.53. The molecule has 7 aromatic carbocycles. The summed E-state index contributed by atoms with van der Waals surface area (Å²) < 4.78 is 6.74. The molecule has 0 saturated carbocycles. The maximum atomic E-state index is 5.33. The number of aromatic nitrogens is 6. The highest BCUT2D eigenvalue weighted by Gasteiger charge is 2.21. The fourth-order valence-electron chi connectivity index (χ4n) is 7.76. The number of imidazole rings is 2. The van der Waals surface area contributed by atoms with Gasteiger partial charge in [-0.05, 0) is 71.8 Å². The standard InChI is InChI=1S/C45H28N6/c1-3-13-29(14-4-1)31-23-25-34-37(27-31)46-44(48-43(34)30-15-5-2-6-16-30)50-38-19-9-7-17-33(38)35-28-32(24-26-39(35)50)49-41-21-11-12-22-42(41)51-40-20-10-8-18-36(40)47-45(49)51/h1-28H. The number of fused-ring (bicyclic) bond motifs is 9. The Bertz CT molecular complexity index is 3130. The highest BCUT2D eigenvalue weighted by atomic mass is 15.2. The lowest BCUT2D eigenvalue weighted by molar-refractivity contribution is 1.01. The first-order valence-electron chi connectivity index (χ1n) is 17.1. The van der Waals surface area contributed by atoms with Crippen LogP contribution >= 0.6 is 0 Å². The van der Waals surface area contributed by atoms with Gasteiger partial charge in [0.05, 0.1) is 44.3 Å². The van der Waals surface area contributed by atoms with Gasteiger partial charge in [0.15, 0.2) is 0 Å². The summed E-state index contributed by atoms with van der Waals surface area (Å²) in [4.78, 5) is 15.8. The molecule has 11 rings (SSSR count). The fourth-order valence-corrected chi connectivity index (χ4v) is 7.76. The zero-order valence-electron chi connectivity index (χ0n) is 27.3. The predicted octanol–water partition coefficient (Wildman–Crippen LogP) is 10.8. The first-order chi connectivity index (χ1) is 25.3. The van der Waals surface area contributed by atoms with Gasteiger partial charge in [0.1, 0.15) is 0 Å². The predicted molar refractivity (Wildman–Crippen MR) is 208 cm³/mol. The molecule has 0 aliphatic heterocycles. The van der Waals surface area contributed by atoms with E-state index in [0.29, 0.717) is 5.95 Å². The number of hydrogen-bond donors (Lipinski definition) is 0. The molecule has 0 aliphatic carbocycles. The minimum absolute atomic E-state index is 0.638. The van der Waals surface area contributed by atoms with E-state index in [2.05, 4.69) is 165 Å². The highest BCUT2D eigenvalue weighted by molar-refractivity contribution is 6.10. The molecule has 6 nitrogen and oxygen atoms in total. The second kappa shape index (κ2) is 10.7. The molecular formula is C45H28N6. The van der Waals surface area contributed by atoms with Crippen molar-refractivity contribution < 1.29 is 0 Å². The molecule has 0 amide bonds. The minimum Gasteiger partial charge on any atom is -0.278 e. The largest absolute Gasteiger partial charge is 0.278 e. The summed E-state index contributed by atoms with van der Waals surface area (Å²) in [5, 5.41) is 3.28. The van der Waals surface area contributed by atoms with Crippen molar-refractivity contribution >= 4 is 60.6 Å². The molecule has 4 aromatic heterocycles. The molecule has 51 heavy (non-hydrogen) atoms. The van der Waals surface area contributed by atoms with Gasteiger partial charge in [-0.3, -0.25) is 13.5 Å². The summed E-state index contributed by atoms with van der Waals surface area (Å²) in [7, 11) is 0. The van der Waals surface area contributed by atoms with Crippen LogP contribution in [0.5, 0.6) is 0 Å². The Morgan fingerprint density at radius 3 is 1.84 bits per heavy atom. The molecule has 0 unspecified atom stereocenters. The normalized spacial score (nSPS) is 11.9. The monoisotopic (exact) mass is 652 g/mol. The van der Waals surface area contributed by atoms with Crippen molar-refractivity contribution in [3.8, 4) is 34.0 Å². The van der Waals surface area contributed by atoms with E-state index in [1.165, 1.54) is 0 Å².